The summed E-state index contributed by atoms with van der Waals surface area (Å²) in [6.07, 6.45) is 0. The average Bonchev–Trinajstić information content (AvgIpc) is 2.30. The van der Waals surface area contributed by atoms with Crippen LogP contribution in [0, 0.1) is 18.8 Å². The van der Waals surface area contributed by atoms with Crippen molar-refractivity contribution in [2.24, 2.45) is 0 Å². The molecule has 0 nitrogen and oxygen atoms in total. The van der Waals surface area contributed by atoms with Crippen LogP contribution in [0.4, 0.5) is 8.78 Å². The van der Waals surface area contributed by atoms with Gasteiger partial charge in [-0.1, -0.05) is 0 Å². The summed E-state index contributed by atoms with van der Waals surface area (Å²) < 4.78 is 27.7. The van der Waals surface area contributed by atoms with Gasteiger partial charge in [0.15, 0.2) is 0 Å². The van der Waals surface area contributed by atoms with Gasteiger partial charge in [-0.25, -0.2) is 0 Å². The minimum atomic E-state index is -1.66. The van der Waals surface area contributed by atoms with Crippen molar-refractivity contribution >= 4 is 30.3 Å². The fourth-order valence-corrected chi connectivity index (χ4v) is 6.59. The fraction of sp³-hybridized carbons (Fsp3) is 0. The number of benzene rings is 2. The van der Waals surface area contributed by atoms with E-state index < -0.39 is 17.6 Å². The summed E-state index contributed by atoms with van der Waals surface area (Å²) in [5, 5.41) is 0. The maximum absolute atomic E-state index is 12.8. The summed E-state index contributed by atoms with van der Waals surface area (Å²) in [5.41, 5.74) is 0. The third-order valence-corrected chi connectivity index (χ3v) is 10.3. The molecule has 0 saturated carbocycles. The van der Waals surface area contributed by atoms with Gasteiger partial charge in [-0.15, -0.1) is 0 Å². The van der Waals surface area contributed by atoms with Crippen molar-refractivity contribution in [2.75, 3.05) is 0 Å². The SMILES string of the molecule is Fc1ccc(I(Br)c2ccc(F)cc2)cc1. The molecule has 0 N–H and O–H groups in total. The minimum absolute atomic E-state index is 0.236. The Labute approximate surface area is 106 Å². The molecule has 2 aromatic rings. The van der Waals surface area contributed by atoms with Gasteiger partial charge in [0.05, 0.1) is 0 Å². The molecule has 0 heterocycles. The van der Waals surface area contributed by atoms with E-state index in [0.29, 0.717) is 0 Å². The van der Waals surface area contributed by atoms with Gasteiger partial charge >= 0.3 is 106 Å². The molecule has 0 bridgehead atoms. The Morgan fingerprint density at radius 3 is 1.31 bits per heavy atom. The summed E-state index contributed by atoms with van der Waals surface area (Å²) in [6.45, 7) is 0. The van der Waals surface area contributed by atoms with E-state index in [9.17, 15) is 8.78 Å². The van der Waals surface area contributed by atoms with Crippen LogP contribution < -0.4 is 0 Å². The molecule has 0 aliphatic rings. The Morgan fingerprint density at radius 2 is 1.00 bits per heavy atom. The second-order valence-electron chi connectivity index (χ2n) is 3.11. The second kappa shape index (κ2) is 5.23. The molecule has 0 aromatic heterocycles. The molecule has 0 radical (unpaired) electrons. The van der Waals surface area contributed by atoms with Crippen molar-refractivity contribution in [1.29, 1.82) is 0 Å². The molecule has 0 saturated heterocycles. The van der Waals surface area contributed by atoms with Crippen LogP contribution in [0.2, 0.25) is 0 Å². The van der Waals surface area contributed by atoms with Crippen LogP contribution in [-0.2, 0) is 0 Å². The molecule has 4 heteroatoms. The van der Waals surface area contributed by atoms with Crippen molar-refractivity contribution in [3.63, 3.8) is 0 Å². The van der Waals surface area contributed by atoms with Crippen molar-refractivity contribution in [3.8, 4) is 0 Å². The predicted molar refractivity (Wildman–Crippen MR) is 73.1 cm³/mol. The van der Waals surface area contributed by atoms with Gasteiger partial charge in [0, 0.05) is 0 Å². The summed E-state index contributed by atoms with van der Waals surface area (Å²) >= 11 is 1.99. The molecule has 16 heavy (non-hydrogen) atoms. The monoisotopic (exact) mass is 396 g/mol. The first kappa shape index (κ1) is 12.0. The van der Waals surface area contributed by atoms with Crippen LogP contribution in [-0.4, -0.2) is 0 Å². The molecule has 0 aliphatic heterocycles. The van der Waals surface area contributed by atoms with E-state index in [2.05, 4.69) is 12.7 Å². The number of halogens is 4. The Kier molecular flexibility index (Phi) is 3.91. The van der Waals surface area contributed by atoms with Gasteiger partial charge in [-0.2, -0.15) is 0 Å². The summed E-state index contributed by atoms with van der Waals surface area (Å²) in [6, 6.07) is 12.9. The van der Waals surface area contributed by atoms with Crippen LogP contribution in [0.15, 0.2) is 48.5 Å². The normalized spacial score (nSPS) is 11.3. The summed E-state index contributed by atoms with van der Waals surface area (Å²) in [4.78, 5) is 0. The Hall–Kier alpha value is -0.490. The zero-order chi connectivity index (χ0) is 11.5. The van der Waals surface area contributed by atoms with Crippen molar-refractivity contribution in [2.45, 2.75) is 0 Å². The molecule has 0 amide bonds. The van der Waals surface area contributed by atoms with Crippen molar-refractivity contribution < 1.29 is 8.78 Å². The summed E-state index contributed by atoms with van der Waals surface area (Å²) in [7, 11) is 0. The van der Waals surface area contributed by atoms with Gasteiger partial charge in [-0.05, 0) is 0 Å². The predicted octanol–water partition coefficient (Wildman–Crippen LogP) is 4.82. The first-order valence-corrected chi connectivity index (χ1v) is 11.5. The Morgan fingerprint density at radius 1 is 0.688 bits per heavy atom. The van der Waals surface area contributed by atoms with Gasteiger partial charge in [0.25, 0.3) is 0 Å². The second-order valence-corrected chi connectivity index (χ2v) is 11.0. The van der Waals surface area contributed by atoms with Gasteiger partial charge in [-0.3, -0.25) is 0 Å². The van der Waals surface area contributed by atoms with Crippen LogP contribution in [0.5, 0.6) is 0 Å². The van der Waals surface area contributed by atoms with E-state index in [1.54, 1.807) is 24.3 Å². The van der Waals surface area contributed by atoms with Gasteiger partial charge in [0.2, 0.25) is 0 Å². The molecular weight excluding hydrogens is 389 g/mol. The average molecular weight is 397 g/mol. The first-order valence-electron chi connectivity index (χ1n) is 4.54. The fourth-order valence-electron chi connectivity index (χ4n) is 1.21. The van der Waals surface area contributed by atoms with Crippen LogP contribution in [0.25, 0.3) is 0 Å². The standard InChI is InChI=1S/C12H8BrF2I/c13-16(11-5-1-9(14)2-6-11)12-7-3-10(15)4-8-12/h1-8H. The zero-order valence-electron chi connectivity index (χ0n) is 8.13. The van der Waals surface area contributed by atoms with E-state index in [4.69, 9.17) is 0 Å². The topological polar surface area (TPSA) is 0 Å². The Balaban J connectivity index is 2.28. The molecule has 0 aliphatic carbocycles. The van der Waals surface area contributed by atoms with Crippen LogP contribution in [0.1, 0.15) is 0 Å². The molecule has 2 aromatic carbocycles. The Bertz CT molecular complexity index is 422. The van der Waals surface area contributed by atoms with E-state index in [1.807, 2.05) is 0 Å². The van der Waals surface area contributed by atoms with Crippen molar-refractivity contribution in [3.05, 3.63) is 67.3 Å². The molecule has 2 rings (SSSR count). The zero-order valence-corrected chi connectivity index (χ0v) is 11.9. The van der Waals surface area contributed by atoms with Crippen LogP contribution in [0.3, 0.4) is 0 Å². The van der Waals surface area contributed by atoms with E-state index >= 15 is 0 Å². The molecule has 0 fully saturated rings. The number of rotatable bonds is 2. The van der Waals surface area contributed by atoms with Crippen molar-refractivity contribution in [1.82, 2.24) is 0 Å². The third-order valence-electron chi connectivity index (χ3n) is 1.99. The third kappa shape index (κ3) is 2.79. The first-order chi connectivity index (χ1) is 7.66. The quantitative estimate of drug-likeness (QED) is 0.638. The maximum atomic E-state index is 12.8. The molecule has 0 spiro atoms. The number of hydrogen-bond donors (Lipinski definition) is 0. The molecule has 84 valence electrons. The molecule has 0 atom stereocenters. The van der Waals surface area contributed by atoms with E-state index in [0.717, 1.165) is 7.14 Å². The summed E-state index contributed by atoms with van der Waals surface area (Å²) in [5.74, 6) is -0.473. The molecule has 0 unspecified atom stereocenters. The number of hydrogen-bond acceptors (Lipinski definition) is 0. The van der Waals surface area contributed by atoms with Gasteiger partial charge < -0.3 is 0 Å². The van der Waals surface area contributed by atoms with E-state index in [-0.39, 0.29) is 11.6 Å². The van der Waals surface area contributed by atoms with E-state index in [1.165, 1.54) is 24.3 Å². The molecular formula is C12H8BrF2I. The van der Waals surface area contributed by atoms with Gasteiger partial charge in [0.1, 0.15) is 0 Å². The van der Waals surface area contributed by atoms with Crippen LogP contribution >= 0.6 is 30.3 Å².